The number of aromatic amines is 1. The normalized spacial score (nSPS) is 17.1. The summed E-state index contributed by atoms with van der Waals surface area (Å²) in [4.78, 5) is 28.2. The Morgan fingerprint density at radius 2 is 1.94 bits per heavy atom. The molecule has 1 aliphatic heterocycles. The molecule has 1 unspecified atom stereocenters. The van der Waals surface area contributed by atoms with Crippen LogP contribution in [0.2, 0.25) is 0 Å². The van der Waals surface area contributed by atoms with Crippen LogP contribution in [-0.2, 0) is 19.6 Å². The lowest BCUT2D eigenvalue weighted by Crippen LogP contribution is -2.44. The molecule has 1 saturated heterocycles. The number of ether oxygens (including phenoxy) is 2. The Morgan fingerprint density at radius 1 is 1.22 bits per heavy atom. The van der Waals surface area contributed by atoms with Crippen LogP contribution >= 0.6 is 0 Å². The third-order valence-electron chi connectivity index (χ3n) is 5.51. The number of aryl methyl sites for hydroxylation is 2. The molecule has 0 bridgehead atoms. The Balaban J connectivity index is 1.85. The number of para-hydroxylation sites is 2. The lowest BCUT2D eigenvalue weighted by Gasteiger charge is -2.31. The monoisotopic (exact) mass is 463 g/mol. The van der Waals surface area contributed by atoms with E-state index in [1.165, 1.54) is 11.4 Å². The van der Waals surface area contributed by atoms with Gasteiger partial charge in [0.1, 0.15) is 16.2 Å². The molecule has 2 heterocycles. The van der Waals surface area contributed by atoms with E-state index in [1.807, 2.05) is 0 Å². The Hall–Kier alpha value is -2.85. The van der Waals surface area contributed by atoms with Crippen LogP contribution in [0.3, 0.4) is 0 Å². The summed E-state index contributed by atoms with van der Waals surface area (Å²) in [6, 6.07) is 7.04. The van der Waals surface area contributed by atoms with E-state index in [-0.39, 0.29) is 36.1 Å². The average molecular weight is 464 g/mol. The van der Waals surface area contributed by atoms with Crippen LogP contribution in [0.1, 0.15) is 41.5 Å². The second-order valence-corrected chi connectivity index (χ2v) is 9.57. The van der Waals surface area contributed by atoms with Crippen LogP contribution in [0.5, 0.6) is 5.75 Å². The van der Waals surface area contributed by atoms with Crippen LogP contribution in [-0.4, -0.2) is 56.4 Å². The highest BCUT2D eigenvalue weighted by atomic mass is 32.2. The molecule has 1 aromatic heterocycles. The molecule has 32 heavy (non-hydrogen) atoms. The van der Waals surface area contributed by atoms with Gasteiger partial charge >= 0.3 is 5.97 Å². The van der Waals surface area contributed by atoms with Crippen molar-refractivity contribution in [3.8, 4) is 5.75 Å². The van der Waals surface area contributed by atoms with Gasteiger partial charge < -0.3 is 19.8 Å². The van der Waals surface area contributed by atoms with E-state index in [9.17, 15) is 18.0 Å². The largest absolute Gasteiger partial charge is 0.495 e. The molecule has 1 atom stereocenters. The molecule has 1 amide bonds. The Morgan fingerprint density at radius 3 is 2.62 bits per heavy atom. The molecule has 0 radical (unpaired) electrons. The summed E-state index contributed by atoms with van der Waals surface area (Å²) in [6.45, 7) is 5.34. The summed E-state index contributed by atoms with van der Waals surface area (Å²) in [5.41, 5.74) is 1.35. The van der Waals surface area contributed by atoms with Crippen molar-refractivity contribution >= 4 is 27.6 Å². The van der Waals surface area contributed by atoms with Gasteiger partial charge in [-0.05, 0) is 45.7 Å². The summed E-state index contributed by atoms with van der Waals surface area (Å²) >= 11 is 0. The van der Waals surface area contributed by atoms with Gasteiger partial charge in [-0.25, -0.2) is 13.2 Å². The number of hydrogen-bond donors (Lipinski definition) is 2. The summed E-state index contributed by atoms with van der Waals surface area (Å²) in [7, 11) is -2.51. The van der Waals surface area contributed by atoms with Gasteiger partial charge in [0.05, 0.1) is 25.3 Å². The molecule has 1 aromatic carbocycles. The van der Waals surface area contributed by atoms with Gasteiger partial charge in [-0.15, -0.1) is 0 Å². The maximum absolute atomic E-state index is 13.5. The molecule has 3 rings (SSSR count). The number of esters is 1. The minimum absolute atomic E-state index is 0.0185. The lowest BCUT2D eigenvalue weighted by atomic mass is 9.98. The van der Waals surface area contributed by atoms with Crippen molar-refractivity contribution in [3.63, 3.8) is 0 Å². The fourth-order valence-corrected chi connectivity index (χ4v) is 5.95. The van der Waals surface area contributed by atoms with Gasteiger partial charge in [0.2, 0.25) is 15.9 Å². The molecular formula is C22H29N3O6S. The number of rotatable bonds is 7. The number of carbonyl (C=O) groups is 2. The first-order chi connectivity index (χ1) is 15.2. The second-order valence-electron chi connectivity index (χ2n) is 7.69. The van der Waals surface area contributed by atoms with Crippen molar-refractivity contribution < 1.29 is 27.5 Å². The van der Waals surface area contributed by atoms with Crippen LogP contribution in [0.4, 0.5) is 5.69 Å². The molecule has 0 spiro atoms. The molecule has 1 aliphatic rings. The van der Waals surface area contributed by atoms with E-state index in [0.29, 0.717) is 35.7 Å². The standard InChI is InChI=1S/C22H29N3O6S/c1-5-31-22(27)19-14(2)23-15(3)20(19)32(28,29)25-12-8-9-16(13-25)21(26)24-17-10-6-7-11-18(17)30-4/h6-7,10-11,16,23H,5,8-9,12-13H2,1-4H3,(H,24,26). The van der Waals surface area contributed by atoms with E-state index in [0.717, 1.165) is 0 Å². The maximum atomic E-state index is 13.5. The third-order valence-corrected chi connectivity index (χ3v) is 7.55. The number of piperidine rings is 1. The number of carbonyl (C=O) groups excluding carboxylic acids is 2. The van der Waals surface area contributed by atoms with Crippen LogP contribution < -0.4 is 10.1 Å². The van der Waals surface area contributed by atoms with E-state index in [1.54, 1.807) is 45.0 Å². The van der Waals surface area contributed by atoms with Crippen LogP contribution in [0.25, 0.3) is 0 Å². The number of aromatic nitrogens is 1. The van der Waals surface area contributed by atoms with Crippen molar-refractivity contribution in [1.29, 1.82) is 0 Å². The zero-order chi connectivity index (χ0) is 23.5. The predicted molar refractivity (Wildman–Crippen MR) is 119 cm³/mol. The number of amides is 1. The zero-order valence-corrected chi connectivity index (χ0v) is 19.5. The molecule has 0 aliphatic carbocycles. The summed E-state index contributed by atoms with van der Waals surface area (Å²) in [5.74, 6) is -0.967. The summed E-state index contributed by atoms with van der Waals surface area (Å²) < 4.78 is 38.7. The molecule has 2 aromatic rings. The number of hydrogen-bond acceptors (Lipinski definition) is 6. The van der Waals surface area contributed by atoms with E-state index < -0.39 is 21.9 Å². The molecule has 10 heteroatoms. The molecule has 0 saturated carbocycles. The summed E-state index contributed by atoms with van der Waals surface area (Å²) in [6.07, 6.45) is 1.09. The fourth-order valence-electron chi connectivity index (χ4n) is 4.02. The molecule has 174 valence electrons. The highest BCUT2D eigenvalue weighted by Gasteiger charge is 2.38. The van der Waals surface area contributed by atoms with Gasteiger partial charge in [0.15, 0.2) is 0 Å². The van der Waals surface area contributed by atoms with E-state index in [4.69, 9.17) is 9.47 Å². The van der Waals surface area contributed by atoms with Gasteiger partial charge in [-0.2, -0.15) is 4.31 Å². The van der Waals surface area contributed by atoms with Crippen molar-refractivity contribution in [3.05, 3.63) is 41.2 Å². The number of benzene rings is 1. The van der Waals surface area contributed by atoms with E-state index in [2.05, 4.69) is 10.3 Å². The predicted octanol–water partition coefficient (Wildman–Crippen LogP) is 2.86. The lowest BCUT2D eigenvalue weighted by molar-refractivity contribution is -0.120. The number of methoxy groups -OCH3 is 1. The third kappa shape index (κ3) is 4.66. The molecular weight excluding hydrogens is 434 g/mol. The quantitative estimate of drug-likeness (QED) is 0.610. The Labute approximate surface area is 188 Å². The first kappa shape index (κ1) is 23.8. The van der Waals surface area contributed by atoms with Crippen LogP contribution in [0.15, 0.2) is 29.2 Å². The van der Waals surface area contributed by atoms with Crippen molar-refractivity contribution in [2.24, 2.45) is 5.92 Å². The molecule has 9 nitrogen and oxygen atoms in total. The average Bonchev–Trinajstić information content (AvgIpc) is 3.08. The van der Waals surface area contributed by atoms with Gasteiger partial charge in [-0.3, -0.25) is 4.79 Å². The van der Waals surface area contributed by atoms with Gasteiger partial charge in [0.25, 0.3) is 0 Å². The highest BCUT2D eigenvalue weighted by molar-refractivity contribution is 7.89. The minimum atomic E-state index is -4.02. The van der Waals surface area contributed by atoms with Gasteiger partial charge in [-0.1, -0.05) is 12.1 Å². The number of H-pyrrole nitrogens is 1. The van der Waals surface area contributed by atoms with Gasteiger partial charge in [0, 0.05) is 24.5 Å². The molecule has 2 N–H and O–H groups in total. The first-order valence-corrected chi connectivity index (χ1v) is 11.9. The second kappa shape index (κ2) is 9.74. The Kier molecular flexibility index (Phi) is 7.25. The van der Waals surface area contributed by atoms with Crippen molar-refractivity contribution in [1.82, 2.24) is 9.29 Å². The highest BCUT2D eigenvalue weighted by Crippen LogP contribution is 2.31. The Bertz CT molecular complexity index is 1110. The fraction of sp³-hybridized carbons (Fsp3) is 0.455. The summed E-state index contributed by atoms with van der Waals surface area (Å²) in [5, 5.41) is 2.84. The number of nitrogens with zero attached hydrogens (tertiary/aromatic N) is 1. The number of nitrogens with one attached hydrogen (secondary N) is 2. The van der Waals surface area contributed by atoms with Crippen LogP contribution in [0, 0.1) is 19.8 Å². The minimum Gasteiger partial charge on any atom is -0.495 e. The number of sulfonamides is 1. The topological polar surface area (TPSA) is 118 Å². The van der Waals surface area contributed by atoms with Crippen molar-refractivity contribution in [2.75, 3.05) is 32.1 Å². The van der Waals surface area contributed by atoms with Crippen molar-refractivity contribution in [2.45, 2.75) is 38.5 Å². The SMILES string of the molecule is CCOC(=O)c1c(C)[nH]c(C)c1S(=O)(=O)N1CCCC(C(=O)Nc2ccccc2OC)C1. The molecule has 1 fully saturated rings. The zero-order valence-electron chi connectivity index (χ0n) is 18.7. The maximum Gasteiger partial charge on any atom is 0.341 e. The first-order valence-electron chi connectivity index (χ1n) is 10.5. The number of anilines is 1. The van der Waals surface area contributed by atoms with E-state index >= 15 is 0 Å². The smallest absolute Gasteiger partial charge is 0.341 e.